The maximum atomic E-state index is 12.8. The van der Waals surface area contributed by atoms with Gasteiger partial charge in [0.25, 0.3) is 0 Å². The third kappa shape index (κ3) is 28.5. The Morgan fingerprint density at radius 3 is 0.515 bits per heavy atom. The van der Waals surface area contributed by atoms with E-state index in [4.69, 9.17) is 152 Å². The van der Waals surface area contributed by atoms with Gasteiger partial charge in [-0.25, -0.2) is 0 Å². The molecule has 56 heteroatoms. The fourth-order valence-corrected chi connectivity index (χ4v) is 18.4. The zero-order chi connectivity index (χ0) is 96.5. The van der Waals surface area contributed by atoms with Crippen LogP contribution in [0.5, 0.6) is 0 Å². The standard InChI is InChI=1S/C76H140N10O44S2/c77-37-59(103)49(93)29(17-115-71-41(81)63(107)53(97)33(127-71)21-119-75-45(85)65(109)55(99)35(129-75)23-117-73-43(83)61(105)51(95)31(125-73)19-113-69-39(79)57(101)47(91)27(15-87)121-69)123-67(37)111-11-3-1-7-25(89)9-5-13-131-132-14-6-10-26(90)8-2-4-12-112-68-38(78)60(104)50(94)30(124-68)18-116-72-42(82)64(108)54(98)34(128-72)22-120-76-46(86)66(110)56(100)36(130-76)24-118-74-44(84)62(106)52(96)32(126-74)20-114-70-40(80)58(102)48(92)28(16-88)122-70/h27-76,87-88,91-110H,1-24,77-86H2/t27?,28?,29?,30?,31?,32?,33?,34?,35?,36?,37?,38?,39?,40?,41?,42?,43?,44?,45?,46?,47-,48-,49-,50-,51-,52-,53-,54-,55-,56-,57-,58-,59-,60-,61-,62-,63-,64-,65-,66-,67-,68-,69-,70-,71-,72-,73-,74-,75-,76-/m1/s1. The summed E-state index contributed by atoms with van der Waals surface area (Å²) in [6.07, 6.45) is -57.1. The van der Waals surface area contributed by atoms with E-state index in [0.717, 1.165) is 0 Å². The largest absolute Gasteiger partial charge is 0.394 e. The third-order valence-corrected chi connectivity index (χ3v) is 27.5. The second-order valence-electron chi connectivity index (χ2n) is 34.6. The van der Waals surface area contributed by atoms with Crippen LogP contribution in [0.15, 0.2) is 0 Å². The summed E-state index contributed by atoms with van der Waals surface area (Å²) in [4.78, 5) is 25.6. The number of ketones is 2. The lowest BCUT2D eigenvalue weighted by Crippen LogP contribution is -2.66. The van der Waals surface area contributed by atoms with Gasteiger partial charge in [-0.1, -0.05) is 21.6 Å². The van der Waals surface area contributed by atoms with Crippen LogP contribution < -0.4 is 57.3 Å². The maximum absolute atomic E-state index is 12.8. The minimum absolute atomic E-state index is 0.0347. The normalized spacial score (nSPS) is 47.0. The number of unbranched alkanes of at least 4 members (excludes halogenated alkanes) is 2. The summed E-state index contributed by atoms with van der Waals surface area (Å²) in [5.41, 5.74) is 61.3. The minimum Gasteiger partial charge on any atom is -0.394 e. The number of nitrogens with two attached hydrogens (primary N) is 10. The number of carbonyl (C=O) groups is 2. The molecule has 54 nitrogen and oxygen atoms in total. The molecule has 0 aromatic heterocycles. The van der Waals surface area contributed by atoms with Gasteiger partial charge in [-0.05, 0) is 38.5 Å². The molecular weight excluding hydrogens is 1820 g/mol. The lowest BCUT2D eigenvalue weighted by molar-refractivity contribution is -0.321. The number of aliphatic hydroxyl groups excluding tert-OH is 22. The van der Waals surface area contributed by atoms with Gasteiger partial charge in [-0.3, -0.25) is 9.59 Å². The number of Topliss-reactive ketones (excluding diaryl/α,β-unsaturated/α-hetero) is 2. The van der Waals surface area contributed by atoms with E-state index in [0.29, 0.717) is 62.9 Å². The molecule has 10 aliphatic rings. The molecule has 10 rings (SSSR count). The van der Waals surface area contributed by atoms with E-state index in [1.807, 2.05) is 0 Å². The molecule has 0 bridgehead atoms. The molecule has 50 atom stereocenters. The first-order chi connectivity index (χ1) is 62.7. The molecule has 132 heavy (non-hydrogen) atoms. The van der Waals surface area contributed by atoms with Crippen molar-refractivity contribution in [1.29, 1.82) is 0 Å². The van der Waals surface area contributed by atoms with Gasteiger partial charge < -0.3 is 264 Å². The van der Waals surface area contributed by atoms with Crippen molar-refractivity contribution in [3.8, 4) is 0 Å². The number of hydrogen-bond donors (Lipinski definition) is 32. The maximum Gasteiger partial charge on any atom is 0.175 e. The van der Waals surface area contributed by atoms with E-state index in [2.05, 4.69) is 0 Å². The highest BCUT2D eigenvalue weighted by Crippen LogP contribution is 2.35. The van der Waals surface area contributed by atoms with Gasteiger partial charge in [-0.2, -0.15) is 0 Å². The van der Waals surface area contributed by atoms with Crippen LogP contribution in [0.1, 0.15) is 64.2 Å². The van der Waals surface area contributed by atoms with Crippen molar-refractivity contribution in [2.45, 2.75) is 371 Å². The Labute approximate surface area is 765 Å². The molecule has 0 aromatic rings. The lowest BCUT2D eigenvalue weighted by atomic mass is 9.96. The molecule has 0 radical (unpaired) electrons. The van der Waals surface area contributed by atoms with Crippen LogP contribution in [0, 0.1) is 0 Å². The Kier molecular flexibility index (Phi) is 44.8. The van der Waals surface area contributed by atoms with E-state index in [-0.39, 0.29) is 37.6 Å². The van der Waals surface area contributed by atoms with Crippen molar-refractivity contribution in [3.05, 3.63) is 0 Å². The monoisotopic (exact) mass is 1960 g/mol. The zero-order valence-electron chi connectivity index (χ0n) is 72.2. The molecule has 0 saturated carbocycles. The van der Waals surface area contributed by atoms with Gasteiger partial charge in [0.15, 0.2) is 62.9 Å². The number of ether oxygens (including phenoxy) is 20. The van der Waals surface area contributed by atoms with Crippen LogP contribution in [-0.2, 0) is 104 Å². The predicted molar refractivity (Wildman–Crippen MR) is 441 cm³/mol. The van der Waals surface area contributed by atoms with Gasteiger partial charge in [-0.15, -0.1) is 0 Å². The van der Waals surface area contributed by atoms with Crippen LogP contribution in [0.3, 0.4) is 0 Å². The second kappa shape index (κ2) is 52.8. The Bertz CT molecular complexity index is 3160. The van der Waals surface area contributed by atoms with Crippen molar-refractivity contribution in [2.75, 3.05) is 90.8 Å². The number of rotatable bonds is 47. The van der Waals surface area contributed by atoms with Gasteiger partial charge in [0, 0.05) is 50.4 Å². The Balaban J connectivity index is 0.552. The van der Waals surface area contributed by atoms with Crippen molar-refractivity contribution in [2.24, 2.45) is 57.3 Å². The molecular formula is C76H140N10O44S2. The average Bonchev–Trinajstić information content (AvgIpc) is 0.801. The fourth-order valence-electron chi connectivity index (χ4n) is 16.2. The molecule has 0 spiro atoms. The number of aliphatic hydroxyl groups is 22. The molecule has 0 aromatic carbocycles. The van der Waals surface area contributed by atoms with E-state index < -0.39 is 373 Å². The second-order valence-corrected chi connectivity index (χ2v) is 37.3. The summed E-state index contributed by atoms with van der Waals surface area (Å²) in [7, 11) is 3.17. The van der Waals surface area contributed by atoms with Crippen LogP contribution in [0.2, 0.25) is 0 Å². The quantitative estimate of drug-likeness (QED) is 0.0199. The van der Waals surface area contributed by atoms with E-state index in [9.17, 15) is 122 Å². The highest BCUT2D eigenvalue weighted by molar-refractivity contribution is 8.76. The van der Waals surface area contributed by atoms with Crippen molar-refractivity contribution in [3.63, 3.8) is 0 Å². The van der Waals surface area contributed by atoms with Gasteiger partial charge in [0.1, 0.15) is 195 Å². The summed E-state index contributed by atoms with van der Waals surface area (Å²) < 4.78 is 116. The molecule has 20 unspecified atom stereocenters. The van der Waals surface area contributed by atoms with Crippen molar-refractivity contribution >= 4 is 33.2 Å². The van der Waals surface area contributed by atoms with Gasteiger partial charge in [0.2, 0.25) is 0 Å². The molecule has 770 valence electrons. The van der Waals surface area contributed by atoms with Crippen LogP contribution in [0.4, 0.5) is 0 Å². The average molecular weight is 1960 g/mol. The molecule has 10 heterocycles. The van der Waals surface area contributed by atoms with Crippen LogP contribution >= 0.6 is 21.6 Å². The van der Waals surface area contributed by atoms with E-state index >= 15 is 0 Å². The fraction of sp³-hybridized carbons (Fsp3) is 0.974. The smallest absolute Gasteiger partial charge is 0.175 e. The highest BCUT2D eigenvalue weighted by atomic mass is 33.1. The van der Waals surface area contributed by atoms with E-state index in [1.54, 1.807) is 21.6 Å². The van der Waals surface area contributed by atoms with Crippen LogP contribution in [0.25, 0.3) is 0 Å². The molecule has 0 aliphatic carbocycles. The molecule has 10 fully saturated rings. The topological polar surface area (TPSA) is 924 Å². The summed E-state index contributed by atoms with van der Waals surface area (Å²) in [5.74, 6) is 1.44. The molecule has 10 aliphatic heterocycles. The van der Waals surface area contributed by atoms with E-state index in [1.165, 1.54) is 0 Å². The summed E-state index contributed by atoms with van der Waals surface area (Å²) in [6.45, 7) is -5.86. The van der Waals surface area contributed by atoms with Crippen molar-refractivity contribution in [1.82, 2.24) is 0 Å². The Hall–Kier alpha value is -2.04. The zero-order valence-corrected chi connectivity index (χ0v) is 73.9. The highest BCUT2D eigenvalue weighted by Gasteiger charge is 2.56. The third-order valence-electron chi connectivity index (χ3n) is 25.0. The SMILES string of the molecule is NC1[C@H](OCC2O[C@@H](OCC3O[C@@H](OCC4O[C@@H](OCC5O[C@@H](OCCCCC(=O)CCCSSCCCC(=O)CCCCO[C@@H]6OC(CO[C@@H]7OC(CO[C@@H]8OC(CO[C@@H]9OC(CO[C@@H]%10OC(CO)[C@@H](O)[C@H](O)C%10N)[C@@H](O)[C@H](O)C9N)[C@@H](O)[C@H](O)C8N)[C@@H](O)[C@H](O)C7N)[C@@H](O)[C@H](O)C6N)C(N)[C@@H](O)[C@@H]5O)C(N)[C@@H](O)[C@@H]4O)C(N)[C@@H](O)[C@@H]3O)C(N)[C@@H](O)[C@@H]2O)OC(CO)[C@@H](O)[C@@H]1O. The first-order valence-electron chi connectivity index (χ1n) is 44.1. The first-order valence-corrected chi connectivity index (χ1v) is 46.6. The minimum atomic E-state index is -1.72. The first kappa shape index (κ1) is 112. The van der Waals surface area contributed by atoms with Crippen molar-refractivity contribution < 1.29 is 217 Å². The summed E-state index contributed by atoms with van der Waals surface area (Å²) in [5, 5.41) is 235. The summed E-state index contributed by atoms with van der Waals surface area (Å²) in [6, 6.07) is -13.5. The van der Waals surface area contributed by atoms with Gasteiger partial charge in [0.05, 0.1) is 126 Å². The molecule has 42 N–H and O–H groups in total. The lowest BCUT2D eigenvalue weighted by Gasteiger charge is -2.45. The van der Waals surface area contributed by atoms with Crippen LogP contribution in [-0.4, -0.2) is 521 Å². The Morgan fingerprint density at radius 2 is 0.348 bits per heavy atom. The number of carbonyl (C=O) groups excluding carboxylic acids is 2. The number of hydrogen-bond acceptors (Lipinski definition) is 56. The van der Waals surface area contributed by atoms with Gasteiger partial charge >= 0.3 is 0 Å². The Morgan fingerprint density at radius 1 is 0.205 bits per heavy atom. The molecule has 10 saturated heterocycles. The summed E-state index contributed by atoms with van der Waals surface area (Å²) >= 11 is 0. The molecule has 0 amide bonds. The predicted octanol–water partition coefficient (Wildman–Crippen LogP) is -18.7.